The summed E-state index contributed by atoms with van der Waals surface area (Å²) in [5.41, 5.74) is 1.21. The maximum absolute atomic E-state index is 13.7. The second-order valence-corrected chi connectivity index (χ2v) is 4.56. The van der Waals surface area contributed by atoms with Gasteiger partial charge in [-0.1, -0.05) is 12.1 Å². The monoisotopic (exact) mass is 334 g/mol. The van der Waals surface area contributed by atoms with Crippen LogP contribution in [-0.4, -0.2) is 30.3 Å². The molecular weight excluding hydrogens is 322 g/mol. The van der Waals surface area contributed by atoms with Crippen LogP contribution in [-0.2, 0) is 0 Å². The van der Waals surface area contributed by atoms with Crippen LogP contribution in [0.25, 0.3) is 0 Å². The number of halogens is 2. The van der Waals surface area contributed by atoms with Gasteiger partial charge in [0.15, 0.2) is 0 Å². The second kappa shape index (κ2) is 7.32. The number of hydrogen-bond donors (Lipinski definition) is 2. The Balaban J connectivity index is 2.17. The molecule has 2 aromatic rings. The number of carbonyl (C=O) groups is 2. The third kappa shape index (κ3) is 3.72. The topological polar surface area (TPSA) is 88.0 Å². The summed E-state index contributed by atoms with van der Waals surface area (Å²) >= 11 is 0. The van der Waals surface area contributed by atoms with E-state index in [2.05, 4.69) is 10.5 Å². The standard InChI is InChI=1S/C16H12F2N2O4/c1-24-14-5-3-2-4-10(14)15(21)20-19-8-11-12(17)6-9(16(22)23)7-13(11)18/h2-8H,1H3,(H,20,21)(H,22,23)/b19-8+. The number of hydrogen-bond acceptors (Lipinski definition) is 4. The van der Waals surface area contributed by atoms with Gasteiger partial charge < -0.3 is 9.84 Å². The Morgan fingerprint density at radius 2 is 1.83 bits per heavy atom. The molecule has 0 saturated heterocycles. The van der Waals surface area contributed by atoms with Gasteiger partial charge in [-0.05, 0) is 24.3 Å². The third-order valence-corrected chi connectivity index (χ3v) is 3.04. The van der Waals surface area contributed by atoms with Crippen LogP contribution in [0.2, 0.25) is 0 Å². The molecule has 0 fully saturated rings. The SMILES string of the molecule is COc1ccccc1C(=O)N/N=C/c1c(F)cc(C(=O)O)cc1F. The molecule has 124 valence electrons. The molecule has 0 radical (unpaired) electrons. The Morgan fingerprint density at radius 3 is 2.42 bits per heavy atom. The fourth-order valence-electron chi connectivity index (χ4n) is 1.88. The fourth-order valence-corrected chi connectivity index (χ4v) is 1.88. The van der Waals surface area contributed by atoms with Crippen molar-refractivity contribution in [2.24, 2.45) is 5.10 Å². The van der Waals surface area contributed by atoms with E-state index >= 15 is 0 Å². The van der Waals surface area contributed by atoms with Gasteiger partial charge in [-0.2, -0.15) is 5.10 Å². The Hall–Kier alpha value is -3.29. The Labute approximate surface area is 135 Å². The average Bonchev–Trinajstić information content (AvgIpc) is 2.56. The molecule has 0 saturated carbocycles. The van der Waals surface area contributed by atoms with Gasteiger partial charge in [0.25, 0.3) is 5.91 Å². The first-order valence-corrected chi connectivity index (χ1v) is 6.62. The molecule has 0 bridgehead atoms. The molecule has 6 nitrogen and oxygen atoms in total. The van der Waals surface area contributed by atoms with Gasteiger partial charge in [0.1, 0.15) is 17.4 Å². The van der Waals surface area contributed by atoms with Crippen LogP contribution < -0.4 is 10.2 Å². The van der Waals surface area contributed by atoms with Gasteiger partial charge in [-0.3, -0.25) is 4.79 Å². The number of aromatic carboxylic acids is 1. The van der Waals surface area contributed by atoms with Crippen LogP contribution >= 0.6 is 0 Å². The zero-order valence-corrected chi connectivity index (χ0v) is 12.4. The number of methoxy groups -OCH3 is 1. The lowest BCUT2D eigenvalue weighted by Gasteiger charge is -2.06. The molecular formula is C16H12F2N2O4. The molecule has 8 heteroatoms. The number of carboxylic acids is 1. The van der Waals surface area contributed by atoms with Crippen LogP contribution in [0, 0.1) is 11.6 Å². The first-order valence-electron chi connectivity index (χ1n) is 6.62. The number of para-hydroxylation sites is 1. The largest absolute Gasteiger partial charge is 0.496 e. The number of nitrogens with zero attached hydrogens (tertiary/aromatic N) is 1. The maximum atomic E-state index is 13.7. The van der Waals surface area contributed by atoms with Crippen molar-refractivity contribution in [3.05, 3.63) is 64.7 Å². The number of hydrazone groups is 1. The van der Waals surface area contributed by atoms with Crippen molar-refractivity contribution in [1.29, 1.82) is 0 Å². The van der Waals surface area contributed by atoms with Crippen molar-refractivity contribution in [2.75, 3.05) is 7.11 Å². The Bertz CT molecular complexity index is 798. The van der Waals surface area contributed by atoms with E-state index in [1.54, 1.807) is 18.2 Å². The molecule has 0 aliphatic rings. The quantitative estimate of drug-likeness (QED) is 0.649. The van der Waals surface area contributed by atoms with Crippen molar-refractivity contribution < 1.29 is 28.2 Å². The molecule has 0 aromatic heterocycles. The summed E-state index contributed by atoms with van der Waals surface area (Å²) in [5.74, 6) is -3.99. The second-order valence-electron chi connectivity index (χ2n) is 4.56. The van der Waals surface area contributed by atoms with E-state index in [0.717, 1.165) is 6.21 Å². The fraction of sp³-hybridized carbons (Fsp3) is 0.0625. The van der Waals surface area contributed by atoms with Crippen LogP contribution in [0.5, 0.6) is 5.75 Å². The maximum Gasteiger partial charge on any atom is 0.335 e. The van der Waals surface area contributed by atoms with E-state index in [9.17, 15) is 18.4 Å². The first-order chi connectivity index (χ1) is 11.4. The summed E-state index contributed by atoms with van der Waals surface area (Å²) < 4.78 is 32.4. The highest BCUT2D eigenvalue weighted by Crippen LogP contribution is 2.17. The minimum Gasteiger partial charge on any atom is -0.496 e. The van der Waals surface area contributed by atoms with Crippen molar-refractivity contribution in [3.8, 4) is 5.75 Å². The zero-order chi connectivity index (χ0) is 17.7. The normalized spacial score (nSPS) is 10.6. The summed E-state index contributed by atoms with van der Waals surface area (Å²) in [6.07, 6.45) is 0.754. The minimum absolute atomic E-state index is 0.194. The van der Waals surface area contributed by atoms with E-state index in [-0.39, 0.29) is 5.56 Å². The van der Waals surface area contributed by atoms with Crippen LogP contribution in [0.3, 0.4) is 0 Å². The molecule has 0 spiro atoms. The smallest absolute Gasteiger partial charge is 0.335 e. The van der Waals surface area contributed by atoms with E-state index in [1.807, 2.05) is 0 Å². The number of benzene rings is 2. The van der Waals surface area contributed by atoms with Crippen LogP contribution in [0.4, 0.5) is 8.78 Å². The summed E-state index contributed by atoms with van der Waals surface area (Å²) in [6.45, 7) is 0. The van der Waals surface area contributed by atoms with Crippen molar-refractivity contribution in [2.45, 2.75) is 0 Å². The van der Waals surface area contributed by atoms with E-state index in [0.29, 0.717) is 17.9 Å². The van der Waals surface area contributed by atoms with Crippen molar-refractivity contribution >= 4 is 18.1 Å². The molecule has 2 aromatic carbocycles. The molecule has 0 heterocycles. The number of rotatable bonds is 5. The number of nitrogens with one attached hydrogen (secondary N) is 1. The van der Waals surface area contributed by atoms with Gasteiger partial charge in [0.05, 0.1) is 30.0 Å². The van der Waals surface area contributed by atoms with Gasteiger partial charge in [0, 0.05) is 0 Å². The molecule has 2 rings (SSSR count). The lowest BCUT2D eigenvalue weighted by atomic mass is 10.1. The number of ether oxygens (including phenoxy) is 1. The molecule has 24 heavy (non-hydrogen) atoms. The molecule has 0 atom stereocenters. The predicted molar refractivity (Wildman–Crippen MR) is 81.4 cm³/mol. The Morgan fingerprint density at radius 1 is 1.21 bits per heavy atom. The third-order valence-electron chi connectivity index (χ3n) is 3.04. The van der Waals surface area contributed by atoms with Gasteiger partial charge in [-0.25, -0.2) is 19.0 Å². The molecule has 2 N–H and O–H groups in total. The number of carboxylic acid groups (broad SMARTS) is 1. The summed E-state index contributed by atoms with van der Waals surface area (Å²) in [7, 11) is 1.39. The van der Waals surface area contributed by atoms with Crippen LogP contribution in [0.1, 0.15) is 26.3 Å². The predicted octanol–water partition coefficient (Wildman–Crippen LogP) is 2.44. The van der Waals surface area contributed by atoms with Crippen molar-refractivity contribution in [1.82, 2.24) is 5.43 Å². The first kappa shape index (κ1) is 17.1. The lowest BCUT2D eigenvalue weighted by molar-refractivity contribution is 0.0695. The highest BCUT2D eigenvalue weighted by molar-refractivity contribution is 5.97. The van der Waals surface area contributed by atoms with Gasteiger partial charge >= 0.3 is 5.97 Å². The Kier molecular flexibility index (Phi) is 5.20. The number of amides is 1. The highest BCUT2D eigenvalue weighted by Gasteiger charge is 2.14. The molecule has 0 unspecified atom stereocenters. The average molecular weight is 334 g/mol. The molecule has 1 amide bonds. The minimum atomic E-state index is -1.46. The zero-order valence-electron chi connectivity index (χ0n) is 12.4. The highest BCUT2D eigenvalue weighted by atomic mass is 19.1. The molecule has 0 aliphatic heterocycles. The van der Waals surface area contributed by atoms with E-state index in [1.165, 1.54) is 13.2 Å². The summed E-state index contributed by atoms with van der Waals surface area (Å²) in [5, 5.41) is 12.2. The van der Waals surface area contributed by atoms with Crippen LogP contribution in [0.15, 0.2) is 41.5 Å². The lowest BCUT2D eigenvalue weighted by Crippen LogP contribution is -2.18. The van der Waals surface area contributed by atoms with Crippen molar-refractivity contribution in [3.63, 3.8) is 0 Å². The number of carbonyl (C=O) groups excluding carboxylic acids is 1. The van der Waals surface area contributed by atoms with E-state index < -0.39 is 34.6 Å². The summed E-state index contributed by atoms with van der Waals surface area (Å²) in [4.78, 5) is 22.7. The van der Waals surface area contributed by atoms with Gasteiger partial charge in [-0.15, -0.1) is 0 Å². The van der Waals surface area contributed by atoms with Gasteiger partial charge in [0.2, 0.25) is 0 Å². The summed E-state index contributed by atoms with van der Waals surface area (Å²) in [6, 6.07) is 7.68. The molecule has 0 aliphatic carbocycles. The van der Waals surface area contributed by atoms with E-state index in [4.69, 9.17) is 9.84 Å².